The normalized spacial score (nSPS) is 15.1. The molecule has 1 aliphatic rings. The van der Waals surface area contributed by atoms with Crippen molar-refractivity contribution in [2.45, 2.75) is 52.2 Å². The van der Waals surface area contributed by atoms with E-state index >= 15 is 0 Å². The van der Waals surface area contributed by atoms with Crippen molar-refractivity contribution < 1.29 is 9.53 Å². The zero-order chi connectivity index (χ0) is 13.3. The lowest BCUT2D eigenvalue weighted by molar-refractivity contribution is 0.0635. The average Bonchev–Trinajstić information content (AvgIpc) is 2.54. The molecule has 0 fully saturated rings. The third kappa shape index (κ3) is 3.15. The van der Waals surface area contributed by atoms with Crippen LogP contribution in [-0.2, 0) is 17.7 Å². The van der Waals surface area contributed by atoms with Crippen molar-refractivity contribution in [2.75, 3.05) is 5.32 Å². The van der Waals surface area contributed by atoms with Crippen molar-refractivity contribution >= 4 is 34.5 Å². The number of hydrogen-bond donors (Lipinski definition) is 1. The fraction of sp³-hybridized carbons (Fsp3) is 0.667. The summed E-state index contributed by atoms with van der Waals surface area (Å²) in [5.41, 5.74) is -0.491. The summed E-state index contributed by atoms with van der Waals surface area (Å²) >= 11 is 2.22. The minimum Gasteiger partial charge on any atom is -0.444 e. The van der Waals surface area contributed by atoms with Crippen molar-refractivity contribution in [1.29, 1.82) is 0 Å². The van der Waals surface area contributed by atoms with Crippen molar-refractivity contribution in [3.05, 3.63) is 9.53 Å². The van der Waals surface area contributed by atoms with Gasteiger partial charge < -0.3 is 9.30 Å². The summed E-state index contributed by atoms with van der Waals surface area (Å²) in [5.74, 6) is 1.67. The van der Waals surface area contributed by atoms with E-state index in [2.05, 4.69) is 37.5 Å². The van der Waals surface area contributed by atoms with Crippen molar-refractivity contribution in [3.63, 3.8) is 0 Å². The highest BCUT2D eigenvalue weighted by molar-refractivity contribution is 14.1. The maximum absolute atomic E-state index is 11.7. The second-order valence-corrected chi connectivity index (χ2v) is 6.42. The Balaban J connectivity index is 2.10. The number of fused-ring (bicyclic) bond motifs is 1. The van der Waals surface area contributed by atoms with E-state index in [0.717, 1.165) is 22.5 Å². The largest absolute Gasteiger partial charge is 0.444 e. The zero-order valence-electron chi connectivity index (χ0n) is 10.9. The fourth-order valence-corrected chi connectivity index (χ4v) is 2.70. The summed E-state index contributed by atoms with van der Waals surface area (Å²) < 4.78 is 8.37. The summed E-state index contributed by atoms with van der Waals surface area (Å²) in [6.45, 7) is 6.51. The van der Waals surface area contributed by atoms with E-state index in [1.807, 2.05) is 20.8 Å². The molecule has 100 valence electrons. The van der Waals surface area contributed by atoms with Crippen LogP contribution in [0.25, 0.3) is 0 Å². The van der Waals surface area contributed by atoms with Crippen LogP contribution in [0.2, 0.25) is 0 Å². The van der Waals surface area contributed by atoms with Crippen molar-refractivity contribution in [1.82, 2.24) is 9.55 Å². The number of aromatic nitrogens is 2. The van der Waals surface area contributed by atoms with E-state index in [4.69, 9.17) is 4.74 Å². The topological polar surface area (TPSA) is 56.1 Å². The van der Waals surface area contributed by atoms with Crippen LogP contribution in [0.4, 0.5) is 10.6 Å². The number of ether oxygens (including phenoxy) is 1. The van der Waals surface area contributed by atoms with E-state index in [1.165, 1.54) is 12.8 Å². The van der Waals surface area contributed by atoms with Gasteiger partial charge in [0.15, 0.2) is 5.82 Å². The lowest BCUT2D eigenvalue weighted by atomic mass is 10.2. The van der Waals surface area contributed by atoms with Gasteiger partial charge in [-0.05, 0) is 56.2 Å². The molecule has 18 heavy (non-hydrogen) atoms. The van der Waals surface area contributed by atoms with Gasteiger partial charge in [0.1, 0.15) is 15.1 Å². The van der Waals surface area contributed by atoms with E-state index in [1.54, 1.807) is 0 Å². The molecule has 5 nitrogen and oxygen atoms in total. The summed E-state index contributed by atoms with van der Waals surface area (Å²) in [5, 5.41) is 2.72. The van der Waals surface area contributed by atoms with Gasteiger partial charge in [-0.2, -0.15) is 0 Å². The molecule has 2 heterocycles. The maximum atomic E-state index is 11.7. The monoisotopic (exact) mass is 363 g/mol. The molecule has 1 amide bonds. The Hall–Kier alpha value is -0.790. The smallest absolute Gasteiger partial charge is 0.413 e. The predicted octanol–water partition coefficient (Wildman–Crippen LogP) is 3.17. The van der Waals surface area contributed by atoms with Crippen LogP contribution in [0.1, 0.15) is 39.4 Å². The molecule has 1 aromatic heterocycles. The minimum absolute atomic E-state index is 0.448. The van der Waals surface area contributed by atoms with E-state index in [9.17, 15) is 4.79 Å². The predicted molar refractivity (Wildman–Crippen MR) is 77.7 cm³/mol. The Labute approximate surface area is 120 Å². The number of hydrogen-bond acceptors (Lipinski definition) is 3. The molecular formula is C12H18IN3O2. The van der Waals surface area contributed by atoms with Crippen LogP contribution in [0.5, 0.6) is 0 Å². The molecule has 2 rings (SSSR count). The SMILES string of the molecule is CC(C)(C)OC(=O)Nc1nc2n(c1I)CCCC2. The van der Waals surface area contributed by atoms with Crippen molar-refractivity contribution in [3.8, 4) is 0 Å². The molecule has 0 atom stereocenters. The second kappa shape index (κ2) is 5.07. The Morgan fingerprint density at radius 2 is 2.17 bits per heavy atom. The molecule has 1 aliphatic heterocycles. The van der Waals surface area contributed by atoms with Crippen LogP contribution >= 0.6 is 22.6 Å². The van der Waals surface area contributed by atoms with Crippen LogP contribution in [-0.4, -0.2) is 21.2 Å². The quantitative estimate of drug-likeness (QED) is 0.780. The van der Waals surface area contributed by atoms with Crippen LogP contribution in [0.3, 0.4) is 0 Å². The molecule has 0 saturated heterocycles. The number of aryl methyl sites for hydroxylation is 1. The Bertz CT molecular complexity index is 463. The van der Waals surface area contributed by atoms with E-state index in [-0.39, 0.29) is 0 Å². The number of amides is 1. The Morgan fingerprint density at radius 3 is 2.78 bits per heavy atom. The highest BCUT2D eigenvalue weighted by atomic mass is 127. The first-order chi connectivity index (χ1) is 8.37. The first-order valence-electron chi connectivity index (χ1n) is 6.12. The number of nitrogens with zero attached hydrogens (tertiary/aromatic N) is 2. The number of nitrogens with one attached hydrogen (secondary N) is 1. The lowest BCUT2D eigenvalue weighted by Gasteiger charge is -2.19. The molecule has 0 aromatic carbocycles. The third-order valence-corrected chi connectivity index (χ3v) is 3.73. The van der Waals surface area contributed by atoms with Crippen molar-refractivity contribution in [2.24, 2.45) is 0 Å². The van der Waals surface area contributed by atoms with Gasteiger partial charge in [0.05, 0.1) is 0 Å². The van der Waals surface area contributed by atoms with Crippen LogP contribution in [0, 0.1) is 3.70 Å². The number of imidazole rings is 1. The minimum atomic E-state index is -0.491. The lowest BCUT2D eigenvalue weighted by Crippen LogP contribution is -2.27. The van der Waals surface area contributed by atoms with Gasteiger partial charge in [-0.3, -0.25) is 5.32 Å². The summed E-state index contributed by atoms with van der Waals surface area (Å²) in [6.07, 6.45) is 2.87. The van der Waals surface area contributed by atoms with Gasteiger partial charge in [-0.15, -0.1) is 0 Å². The molecule has 1 aromatic rings. The van der Waals surface area contributed by atoms with Gasteiger partial charge in [0.2, 0.25) is 0 Å². The zero-order valence-corrected chi connectivity index (χ0v) is 13.1. The standard InChI is InChI=1S/C12H18IN3O2/c1-12(2,3)18-11(17)15-10-9(13)16-7-5-4-6-8(16)14-10/h4-7H2,1-3H3,(H,15,17). The number of rotatable bonds is 1. The van der Waals surface area contributed by atoms with Gasteiger partial charge >= 0.3 is 6.09 Å². The van der Waals surface area contributed by atoms with Gasteiger partial charge in [0, 0.05) is 13.0 Å². The maximum Gasteiger partial charge on any atom is 0.413 e. The molecule has 0 saturated carbocycles. The van der Waals surface area contributed by atoms with Gasteiger partial charge in [0.25, 0.3) is 0 Å². The molecule has 0 aliphatic carbocycles. The number of halogens is 1. The summed E-state index contributed by atoms with van der Waals surface area (Å²) in [7, 11) is 0. The molecular weight excluding hydrogens is 345 g/mol. The Kier molecular flexibility index (Phi) is 3.84. The molecule has 6 heteroatoms. The first-order valence-corrected chi connectivity index (χ1v) is 7.19. The number of anilines is 1. The van der Waals surface area contributed by atoms with Gasteiger partial charge in [-0.25, -0.2) is 9.78 Å². The molecule has 1 N–H and O–H groups in total. The molecule has 0 unspecified atom stereocenters. The Morgan fingerprint density at radius 1 is 1.44 bits per heavy atom. The average molecular weight is 363 g/mol. The second-order valence-electron chi connectivity index (χ2n) is 5.40. The summed E-state index contributed by atoms with van der Waals surface area (Å²) in [4.78, 5) is 16.2. The number of carbonyl (C=O) groups excluding carboxylic acids is 1. The van der Waals surface area contributed by atoms with Gasteiger partial charge in [-0.1, -0.05) is 0 Å². The summed E-state index contributed by atoms with van der Waals surface area (Å²) in [6, 6.07) is 0. The third-order valence-electron chi connectivity index (χ3n) is 2.64. The van der Waals surface area contributed by atoms with E-state index in [0.29, 0.717) is 5.82 Å². The number of carbonyl (C=O) groups is 1. The molecule has 0 radical (unpaired) electrons. The molecule has 0 spiro atoms. The fourth-order valence-electron chi connectivity index (χ4n) is 1.93. The highest BCUT2D eigenvalue weighted by Crippen LogP contribution is 2.25. The van der Waals surface area contributed by atoms with Crippen LogP contribution in [0.15, 0.2) is 0 Å². The first kappa shape index (κ1) is 13.6. The highest BCUT2D eigenvalue weighted by Gasteiger charge is 2.22. The van der Waals surface area contributed by atoms with E-state index < -0.39 is 11.7 Å². The van der Waals surface area contributed by atoms with Crippen LogP contribution < -0.4 is 5.32 Å². The molecule has 0 bridgehead atoms.